The first-order chi connectivity index (χ1) is 11.3. The molecule has 0 aliphatic carbocycles. The van der Waals surface area contributed by atoms with Gasteiger partial charge in [-0.3, -0.25) is 14.4 Å². The largest absolute Gasteiger partial charge is 0.481 e. The van der Waals surface area contributed by atoms with Crippen molar-refractivity contribution in [2.75, 3.05) is 20.1 Å². The Labute approximate surface area is 142 Å². The van der Waals surface area contributed by atoms with Gasteiger partial charge in [0.1, 0.15) is 0 Å². The summed E-state index contributed by atoms with van der Waals surface area (Å²) in [6.45, 7) is 4.04. The van der Waals surface area contributed by atoms with Crippen LogP contribution in [0.25, 0.3) is 0 Å². The molecule has 1 aliphatic rings. The van der Waals surface area contributed by atoms with E-state index in [1.54, 1.807) is 18.9 Å². The van der Waals surface area contributed by atoms with E-state index in [2.05, 4.69) is 0 Å². The van der Waals surface area contributed by atoms with Crippen molar-refractivity contribution >= 4 is 17.8 Å². The fourth-order valence-electron chi connectivity index (χ4n) is 3.07. The van der Waals surface area contributed by atoms with E-state index in [9.17, 15) is 14.4 Å². The van der Waals surface area contributed by atoms with Crippen molar-refractivity contribution in [1.29, 1.82) is 0 Å². The third-order valence-electron chi connectivity index (χ3n) is 4.60. The maximum absolute atomic E-state index is 12.5. The Morgan fingerprint density at radius 1 is 1.29 bits per heavy atom. The number of likely N-dealkylation sites (tertiary alicyclic amines) is 1. The van der Waals surface area contributed by atoms with Crippen LogP contribution in [0, 0.1) is 11.8 Å². The molecule has 1 fully saturated rings. The number of amides is 2. The van der Waals surface area contributed by atoms with Gasteiger partial charge in [0.25, 0.3) is 0 Å². The molecule has 6 nitrogen and oxygen atoms in total. The Balaban J connectivity index is 2.01. The summed E-state index contributed by atoms with van der Waals surface area (Å²) < 4.78 is 0. The first kappa shape index (κ1) is 18.0. The van der Waals surface area contributed by atoms with Crippen molar-refractivity contribution in [3.8, 4) is 0 Å². The van der Waals surface area contributed by atoms with Crippen LogP contribution in [0.4, 0.5) is 0 Å². The fraction of sp³-hybridized carbons (Fsp3) is 0.500. The highest BCUT2D eigenvalue weighted by molar-refractivity contribution is 5.89. The van der Waals surface area contributed by atoms with Crippen LogP contribution in [0.1, 0.15) is 31.9 Å². The second-order valence-corrected chi connectivity index (χ2v) is 6.49. The third-order valence-corrected chi connectivity index (χ3v) is 4.60. The number of nitrogens with zero attached hydrogens (tertiary/aromatic N) is 2. The predicted octanol–water partition coefficient (Wildman–Crippen LogP) is 1.78. The number of carboxylic acid groups (broad SMARTS) is 1. The quantitative estimate of drug-likeness (QED) is 0.861. The molecule has 0 bridgehead atoms. The zero-order chi connectivity index (χ0) is 17.9. The van der Waals surface area contributed by atoms with Gasteiger partial charge in [-0.15, -0.1) is 0 Å². The summed E-state index contributed by atoms with van der Waals surface area (Å²) in [7, 11) is 1.59. The lowest BCUT2D eigenvalue weighted by Gasteiger charge is -2.26. The fourth-order valence-corrected chi connectivity index (χ4v) is 3.07. The molecule has 6 heteroatoms. The minimum absolute atomic E-state index is 0.0376. The zero-order valence-corrected chi connectivity index (χ0v) is 14.3. The molecule has 3 atom stereocenters. The lowest BCUT2D eigenvalue weighted by atomic mass is 10.1. The second kappa shape index (κ2) is 7.47. The second-order valence-electron chi connectivity index (χ2n) is 6.49. The van der Waals surface area contributed by atoms with Gasteiger partial charge < -0.3 is 14.9 Å². The van der Waals surface area contributed by atoms with Crippen molar-refractivity contribution in [2.45, 2.75) is 26.3 Å². The smallest absolute Gasteiger partial charge is 0.308 e. The summed E-state index contributed by atoms with van der Waals surface area (Å²) in [6, 6.07) is 9.63. The van der Waals surface area contributed by atoms with Crippen molar-refractivity contribution in [1.82, 2.24) is 9.80 Å². The molecule has 24 heavy (non-hydrogen) atoms. The van der Waals surface area contributed by atoms with Crippen LogP contribution in [-0.2, 0) is 14.4 Å². The van der Waals surface area contributed by atoms with E-state index in [1.807, 2.05) is 37.3 Å². The summed E-state index contributed by atoms with van der Waals surface area (Å²) in [5.41, 5.74) is 1.03. The van der Waals surface area contributed by atoms with Crippen LogP contribution in [-0.4, -0.2) is 52.8 Å². The minimum atomic E-state index is -0.934. The molecule has 1 heterocycles. The molecule has 1 aromatic rings. The van der Waals surface area contributed by atoms with E-state index in [0.29, 0.717) is 6.54 Å². The van der Waals surface area contributed by atoms with Crippen LogP contribution in [0.15, 0.2) is 30.3 Å². The molecule has 0 spiro atoms. The number of hydrogen-bond donors (Lipinski definition) is 1. The molecule has 130 valence electrons. The average Bonchev–Trinajstić information content (AvgIpc) is 2.95. The lowest BCUT2D eigenvalue weighted by molar-refractivity contribution is -0.143. The van der Waals surface area contributed by atoms with E-state index < -0.39 is 17.8 Å². The van der Waals surface area contributed by atoms with Crippen LogP contribution in [0.2, 0.25) is 0 Å². The highest BCUT2D eigenvalue weighted by Gasteiger charge is 2.38. The lowest BCUT2D eigenvalue weighted by Crippen LogP contribution is -2.38. The number of aliphatic carboxylic acids is 1. The van der Waals surface area contributed by atoms with Gasteiger partial charge in [-0.25, -0.2) is 0 Å². The molecular formula is C18H24N2O4. The summed E-state index contributed by atoms with van der Waals surface area (Å²) in [5.74, 6) is -2.18. The summed E-state index contributed by atoms with van der Waals surface area (Å²) >= 11 is 0. The highest BCUT2D eigenvalue weighted by atomic mass is 16.4. The van der Waals surface area contributed by atoms with Gasteiger partial charge >= 0.3 is 5.97 Å². The number of benzene rings is 1. The Morgan fingerprint density at radius 3 is 2.50 bits per heavy atom. The van der Waals surface area contributed by atoms with Gasteiger partial charge in [0.05, 0.1) is 17.9 Å². The van der Waals surface area contributed by atoms with Crippen LogP contribution >= 0.6 is 0 Å². The number of carbonyl (C=O) groups excluding carboxylic acids is 2. The average molecular weight is 332 g/mol. The molecule has 0 radical (unpaired) electrons. The van der Waals surface area contributed by atoms with Gasteiger partial charge in [0, 0.05) is 26.6 Å². The summed E-state index contributed by atoms with van der Waals surface area (Å²) in [4.78, 5) is 38.9. The first-order valence-electron chi connectivity index (χ1n) is 8.13. The van der Waals surface area contributed by atoms with Crippen LogP contribution in [0.3, 0.4) is 0 Å². The monoisotopic (exact) mass is 332 g/mol. The van der Waals surface area contributed by atoms with Gasteiger partial charge in [-0.2, -0.15) is 0 Å². The van der Waals surface area contributed by atoms with E-state index in [4.69, 9.17) is 5.11 Å². The van der Waals surface area contributed by atoms with Gasteiger partial charge in [-0.05, 0) is 12.5 Å². The van der Waals surface area contributed by atoms with E-state index in [1.165, 1.54) is 4.90 Å². The first-order valence-corrected chi connectivity index (χ1v) is 8.13. The van der Waals surface area contributed by atoms with Gasteiger partial charge in [-0.1, -0.05) is 37.3 Å². The number of hydrogen-bond acceptors (Lipinski definition) is 3. The van der Waals surface area contributed by atoms with E-state index in [0.717, 1.165) is 5.56 Å². The third kappa shape index (κ3) is 3.93. The van der Waals surface area contributed by atoms with Crippen molar-refractivity contribution in [2.24, 2.45) is 11.8 Å². The van der Waals surface area contributed by atoms with Gasteiger partial charge in [0.2, 0.25) is 11.8 Å². The predicted molar refractivity (Wildman–Crippen MR) is 89.1 cm³/mol. The molecule has 3 unspecified atom stereocenters. The topological polar surface area (TPSA) is 77.9 Å². The molecule has 1 N–H and O–H groups in total. The molecular weight excluding hydrogens is 308 g/mol. The molecule has 2 rings (SSSR count). The normalized spacial score (nSPS) is 19.9. The van der Waals surface area contributed by atoms with Crippen LogP contribution < -0.4 is 0 Å². The molecule has 1 saturated heterocycles. The Bertz CT molecular complexity index is 617. The summed E-state index contributed by atoms with van der Waals surface area (Å²) in [6.07, 6.45) is 0.182. The molecule has 0 aromatic heterocycles. The SMILES string of the molecule is CC(CN(C)C(=O)C1CC(=O)N(C(C)c2ccccc2)C1)C(=O)O. The Kier molecular flexibility index (Phi) is 5.59. The maximum atomic E-state index is 12.5. The van der Waals surface area contributed by atoms with Crippen molar-refractivity contribution in [3.63, 3.8) is 0 Å². The number of carboxylic acids is 1. The standard InChI is InChI=1S/C18H24N2O4/c1-12(18(23)24)10-19(3)17(22)15-9-16(21)20(11-15)13(2)14-7-5-4-6-8-14/h4-8,12-13,15H,9-11H2,1-3H3,(H,23,24). The molecule has 1 aromatic carbocycles. The maximum Gasteiger partial charge on any atom is 0.308 e. The van der Waals surface area contributed by atoms with E-state index in [-0.39, 0.29) is 30.8 Å². The Morgan fingerprint density at radius 2 is 1.92 bits per heavy atom. The molecule has 0 saturated carbocycles. The zero-order valence-electron chi connectivity index (χ0n) is 14.3. The highest BCUT2D eigenvalue weighted by Crippen LogP contribution is 2.29. The Hall–Kier alpha value is -2.37. The van der Waals surface area contributed by atoms with E-state index >= 15 is 0 Å². The van der Waals surface area contributed by atoms with Crippen molar-refractivity contribution in [3.05, 3.63) is 35.9 Å². The van der Waals surface area contributed by atoms with Crippen LogP contribution in [0.5, 0.6) is 0 Å². The van der Waals surface area contributed by atoms with Gasteiger partial charge in [0.15, 0.2) is 0 Å². The number of rotatable bonds is 6. The number of carbonyl (C=O) groups is 3. The summed E-state index contributed by atoms with van der Waals surface area (Å²) in [5, 5.41) is 8.96. The minimum Gasteiger partial charge on any atom is -0.481 e. The molecule has 2 amide bonds. The van der Waals surface area contributed by atoms with Crippen molar-refractivity contribution < 1.29 is 19.5 Å². The molecule has 1 aliphatic heterocycles.